The number of hydrogen-bond acceptors (Lipinski definition) is 3. The second-order valence-corrected chi connectivity index (χ2v) is 8.07. The molecule has 0 aromatic rings. The number of carboxylic acids is 1. The van der Waals surface area contributed by atoms with Gasteiger partial charge in [-0.2, -0.15) is 0 Å². The van der Waals surface area contributed by atoms with Crippen LogP contribution in [0.4, 0.5) is 0 Å². The van der Waals surface area contributed by atoms with Crippen LogP contribution in [0.5, 0.6) is 0 Å². The molecule has 0 saturated heterocycles. The van der Waals surface area contributed by atoms with Crippen molar-refractivity contribution >= 4 is 5.97 Å². The number of hydrogen-bond donors (Lipinski definition) is 3. The van der Waals surface area contributed by atoms with E-state index in [1.54, 1.807) is 6.08 Å². The molecule has 0 aliphatic heterocycles. The fourth-order valence-electron chi connectivity index (χ4n) is 5.30. The lowest BCUT2D eigenvalue weighted by Gasteiger charge is -2.57. The highest BCUT2D eigenvalue weighted by Crippen LogP contribution is 2.62. The minimum Gasteiger partial charge on any atom is -0.481 e. The molecular weight excluding hydrogens is 304 g/mol. The van der Waals surface area contributed by atoms with E-state index in [-0.39, 0.29) is 30.0 Å². The van der Waals surface area contributed by atoms with Crippen molar-refractivity contribution in [2.24, 2.45) is 22.7 Å². The molecule has 4 atom stereocenters. The molecule has 0 bridgehead atoms. The molecule has 0 radical (unpaired) electrons. The zero-order valence-corrected chi connectivity index (χ0v) is 15.2. The van der Waals surface area contributed by atoms with Crippen LogP contribution in [0.3, 0.4) is 0 Å². The lowest BCUT2D eigenvalue weighted by molar-refractivity contribution is -0.156. The molecule has 0 unspecified atom stereocenters. The number of carbonyl (C=O) groups is 1. The molecule has 0 spiro atoms. The van der Waals surface area contributed by atoms with E-state index in [9.17, 15) is 15.0 Å². The summed E-state index contributed by atoms with van der Waals surface area (Å²) in [5.41, 5.74) is 2.00. The molecule has 2 aliphatic rings. The molecule has 1 fully saturated rings. The largest absolute Gasteiger partial charge is 0.481 e. The van der Waals surface area contributed by atoms with Crippen molar-refractivity contribution in [3.63, 3.8) is 0 Å². The lowest BCUT2D eigenvalue weighted by Crippen LogP contribution is -2.52. The van der Waals surface area contributed by atoms with Gasteiger partial charge in [-0.05, 0) is 67.8 Å². The Morgan fingerprint density at radius 1 is 1.33 bits per heavy atom. The molecule has 0 amide bonds. The molecule has 2 aliphatic carbocycles. The zero-order chi connectivity index (χ0) is 18.0. The van der Waals surface area contributed by atoms with Crippen LogP contribution in [-0.4, -0.2) is 34.5 Å². The third kappa shape index (κ3) is 3.31. The molecule has 2 rings (SSSR count). The predicted molar refractivity (Wildman–Crippen MR) is 94.5 cm³/mol. The second-order valence-electron chi connectivity index (χ2n) is 8.07. The maximum absolute atomic E-state index is 12.0. The quantitative estimate of drug-likeness (QED) is 0.648. The Morgan fingerprint density at radius 3 is 2.62 bits per heavy atom. The monoisotopic (exact) mass is 336 g/mol. The van der Waals surface area contributed by atoms with Crippen molar-refractivity contribution < 1.29 is 20.1 Å². The predicted octanol–water partition coefficient (Wildman–Crippen LogP) is 3.54. The van der Waals surface area contributed by atoms with Crippen LogP contribution in [0.25, 0.3) is 0 Å². The summed E-state index contributed by atoms with van der Waals surface area (Å²) in [6.07, 6.45) is 9.06. The van der Waals surface area contributed by atoms with Crippen molar-refractivity contribution in [3.05, 3.63) is 23.3 Å². The minimum absolute atomic E-state index is 0.0742. The van der Waals surface area contributed by atoms with E-state index in [1.807, 2.05) is 0 Å². The van der Waals surface area contributed by atoms with E-state index < -0.39 is 5.97 Å². The number of fused-ring (bicyclic) bond motifs is 1. The highest BCUT2D eigenvalue weighted by atomic mass is 16.4. The average Bonchev–Trinajstić information content (AvgIpc) is 2.53. The van der Waals surface area contributed by atoms with Crippen molar-refractivity contribution in [1.82, 2.24) is 0 Å². The van der Waals surface area contributed by atoms with Crippen LogP contribution < -0.4 is 0 Å². The third-order valence-corrected chi connectivity index (χ3v) is 6.99. The number of aliphatic hydroxyl groups excluding tert-OH is 2. The van der Waals surface area contributed by atoms with Crippen molar-refractivity contribution in [2.75, 3.05) is 13.2 Å². The summed E-state index contributed by atoms with van der Waals surface area (Å²) in [5, 5.41) is 28.4. The van der Waals surface area contributed by atoms with Gasteiger partial charge >= 0.3 is 5.97 Å². The van der Waals surface area contributed by atoms with Gasteiger partial charge in [-0.15, -0.1) is 0 Å². The van der Waals surface area contributed by atoms with Crippen LogP contribution in [0, 0.1) is 22.7 Å². The molecule has 0 heterocycles. The number of aliphatic carboxylic acids is 1. The minimum atomic E-state index is -0.691. The van der Waals surface area contributed by atoms with Gasteiger partial charge in [0.25, 0.3) is 0 Å². The Balaban J connectivity index is 2.33. The van der Waals surface area contributed by atoms with Crippen molar-refractivity contribution in [1.29, 1.82) is 0 Å². The Bertz CT molecular complexity index is 536. The number of carboxylic acid groups (broad SMARTS) is 1. The fraction of sp³-hybridized carbons (Fsp3) is 0.750. The molecular formula is C20H32O4. The van der Waals surface area contributed by atoms with Gasteiger partial charge in [0, 0.05) is 0 Å². The first-order valence-electron chi connectivity index (χ1n) is 9.09. The summed E-state index contributed by atoms with van der Waals surface area (Å²) in [7, 11) is 0. The Morgan fingerprint density at radius 2 is 2.04 bits per heavy atom. The van der Waals surface area contributed by atoms with E-state index in [1.165, 1.54) is 5.57 Å². The van der Waals surface area contributed by atoms with Gasteiger partial charge in [-0.3, -0.25) is 4.79 Å². The fourth-order valence-corrected chi connectivity index (χ4v) is 5.30. The molecule has 24 heavy (non-hydrogen) atoms. The van der Waals surface area contributed by atoms with Crippen molar-refractivity contribution in [3.8, 4) is 0 Å². The van der Waals surface area contributed by atoms with Crippen LogP contribution >= 0.6 is 0 Å². The summed E-state index contributed by atoms with van der Waals surface area (Å²) < 4.78 is 0. The first-order valence-corrected chi connectivity index (χ1v) is 9.09. The van der Waals surface area contributed by atoms with Gasteiger partial charge in [-0.25, -0.2) is 0 Å². The Kier molecular flexibility index (Phi) is 5.92. The van der Waals surface area contributed by atoms with E-state index in [0.29, 0.717) is 18.8 Å². The summed E-state index contributed by atoms with van der Waals surface area (Å²) in [6, 6.07) is 0. The highest BCUT2D eigenvalue weighted by molar-refractivity contribution is 5.71. The molecule has 4 nitrogen and oxygen atoms in total. The summed E-state index contributed by atoms with van der Waals surface area (Å²) in [4.78, 5) is 12.0. The van der Waals surface area contributed by atoms with Gasteiger partial charge in [0.15, 0.2) is 0 Å². The van der Waals surface area contributed by atoms with Crippen LogP contribution in [0.1, 0.15) is 59.3 Å². The molecule has 1 saturated carbocycles. The van der Waals surface area contributed by atoms with E-state index in [4.69, 9.17) is 5.11 Å². The first-order chi connectivity index (χ1) is 11.3. The lowest BCUT2D eigenvalue weighted by atomic mass is 9.46. The van der Waals surface area contributed by atoms with Gasteiger partial charge in [0.05, 0.1) is 19.1 Å². The smallest absolute Gasteiger partial charge is 0.307 e. The summed E-state index contributed by atoms with van der Waals surface area (Å²) >= 11 is 0. The SMILES string of the molecule is CC1=CCC[C@@H]2[C@](C)(CC/C(=C/CO)CO)[C@H](C(=O)O)CC[C@@]12C. The first kappa shape index (κ1) is 19.2. The number of aliphatic hydroxyl groups is 2. The highest BCUT2D eigenvalue weighted by Gasteiger charge is 2.56. The normalized spacial score (nSPS) is 36.9. The van der Waals surface area contributed by atoms with Crippen molar-refractivity contribution in [2.45, 2.75) is 59.3 Å². The Labute approximate surface area is 145 Å². The van der Waals surface area contributed by atoms with E-state index in [0.717, 1.165) is 31.3 Å². The van der Waals surface area contributed by atoms with Crippen LogP contribution in [-0.2, 0) is 4.79 Å². The molecule has 3 N–H and O–H groups in total. The third-order valence-electron chi connectivity index (χ3n) is 6.99. The van der Waals surface area contributed by atoms with Gasteiger partial charge in [-0.1, -0.05) is 31.6 Å². The second kappa shape index (κ2) is 7.40. The van der Waals surface area contributed by atoms with E-state index in [2.05, 4.69) is 26.8 Å². The maximum atomic E-state index is 12.0. The summed E-state index contributed by atoms with van der Waals surface area (Å²) in [5.74, 6) is -0.682. The van der Waals surface area contributed by atoms with Gasteiger partial charge in [0.1, 0.15) is 0 Å². The van der Waals surface area contributed by atoms with Gasteiger partial charge < -0.3 is 15.3 Å². The Hall–Kier alpha value is -1.13. The maximum Gasteiger partial charge on any atom is 0.307 e. The molecule has 4 heteroatoms. The molecule has 0 aromatic carbocycles. The van der Waals surface area contributed by atoms with Crippen LogP contribution in [0.2, 0.25) is 0 Å². The summed E-state index contributed by atoms with van der Waals surface area (Å²) in [6.45, 7) is 6.47. The van der Waals surface area contributed by atoms with Gasteiger partial charge in [0.2, 0.25) is 0 Å². The molecule has 136 valence electrons. The topological polar surface area (TPSA) is 77.8 Å². The molecule has 0 aromatic heterocycles. The van der Waals surface area contributed by atoms with E-state index >= 15 is 0 Å². The standard InChI is InChI=1S/C20H32O4/c1-14-5-4-6-17-19(14,2)11-8-16(18(23)24)20(17,3)10-7-15(13-22)9-12-21/h5,9,16-17,21-22H,4,6-8,10-13H2,1-3H3,(H,23,24)/b15-9-/t16-,17-,19-,20+/m0/s1. The number of rotatable bonds is 6. The zero-order valence-electron chi connectivity index (χ0n) is 15.2. The van der Waals surface area contributed by atoms with Crippen LogP contribution in [0.15, 0.2) is 23.3 Å². The number of allylic oxidation sites excluding steroid dienone is 2. The average molecular weight is 336 g/mol.